The van der Waals surface area contributed by atoms with E-state index in [9.17, 15) is 5.11 Å². The van der Waals surface area contributed by atoms with Gasteiger partial charge in [0.2, 0.25) is 0 Å². The van der Waals surface area contributed by atoms with Gasteiger partial charge in [-0.25, -0.2) is 0 Å². The van der Waals surface area contributed by atoms with E-state index in [0.29, 0.717) is 5.92 Å². The van der Waals surface area contributed by atoms with Gasteiger partial charge in [0.25, 0.3) is 0 Å². The Hall–Kier alpha value is -0.410. The predicted octanol–water partition coefficient (Wildman–Crippen LogP) is 3.07. The molecule has 14 heavy (non-hydrogen) atoms. The molecule has 1 aromatic rings. The summed E-state index contributed by atoms with van der Waals surface area (Å²) in [5, 5.41) is 9.94. The Balaban J connectivity index is 2.02. The van der Waals surface area contributed by atoms with E-state index in [1.54, 1.807) is 6.20 Å². The van der Waals surface area contributed by atoms with Crippen LogP contribution in [0.4, 0.5) is 0 Å². The molecule has 1 aromatic heterocycles. The average Bonchev–Trinajstić information content (AvgIpc) is 2.12. The van der Waals surface area contributed by atoms with E-state index in [1.165, 1.54) is 19.3 Å². The second kappa shape index (κ2) is 4.41. The highest BCUT2D eigenvalue weighted by Gasteiger charge is 2.23. The third-order valence-electron chi connectivity index (χ3n) is 2.88. The Morgan fingerprint density at radius 1 is 1.57 bits per heavy atom. The van der Waals surface area contributed by atoms with Crippen LogP contribution in [0, 0.1) is 5.92 Å². The molecule has 1 fully saturated rings. The standard InChI is InChI=1S/C11H14BrNO/c12-9-5-2-6-13-11(9)10(14)7-8-3-1-4-8/h2,5-6,8,10,14H,1,3-4,7H2. The van der Waals surface area contributed by atoms with Crippen LogP contribution in [0.25, 0.3) is 0 Å². The summed E-state index contributed by atoms with van der Waals surface area (Å²) in [6, 6.07) is 3.79. The van der Waals surface area contributed by atoms with Gasteiger partial charge in [0, 0.05) is 10.7 Å². The van der Waals surface area contributed by atoms with Crippen molar-refractivity contribution in [3.05, 3.63) is 28.5 Å². The highest BCUT2D eigenvalue weighted by molar-refractivity contribution is 9.10. The van der Waals surface area contributed by atoms with Crippen molar-refractivity contribution >= 4 is 15.9 Å². The van der Waals surface area contributed by atoms with E-state index >= 15 is 0 Å². The molecule has 1 heterocycles. The van der Waals surface area contributed by atoms with Gasteiger partial charge >= 0.3 is 0 Å². The lowest BCUT2D eigenvalue weighted by Crippen LogP contribution is -2.15. The highest BCUT2D eigenvalue weighted by atomic mass is 79.9. The van der Waals surface area contributed by atoms with Crippen LogP contribution < -0.4 is 0 Å². The number of aliphatic hydroxyl groups is 1. The summed E-state index contributed by atoms with van der Waals surface area (Å²) in [4.78, 5) is 4.19. The highest BCUT2D eigenvalue weighted by Crippen LogP contribution is 2.35. The fraction of sp³-hybridized carbons (Fsp3) is 0.545. The number of hydrogen-bond donors (Lipinski definition) is 1. The molecule has 0 aromatic carbocycles. The van der Waals surface area contributed by atoms with E-state index in [4.69, 9.17) is 0 Å². The van der Waals surface area contributed by atoms with Crippen molar-refractivity contribution in [2.24, 2.45) is 5.92 Å². The van der Waals surface area contributed by atoms with Crippen LogP contribution in [0.3, 0.4) is 0 Å². The lowest BCUT2D eigenvalue weighted by Gasteiger charge is -2.27. The van der Waals surface area contributed by atoms with Gasteiger partial charge in [0.15, 0.2) is 0 Å². The first-order valence-electron chi connectivity index (χ1n) is 5.06. The Labute approximate surface area is 92.5 Å². The minimum atomic E-state index is -0.407. The summed E-state index contributed by atoms with van der Waals surface area (Å²) in [6.45, 7) is 0. The van der Waals surface area contributed by atoms with Crippen molar-refractivity contribution in [3.8, 4) is 0 Å². The third-order valence-corrected chi connectivity index (χ3v) is 3.55. The first-order chi connectivity index (χ1) is 6.77. The maximum Gasteiger partial charge on any atom is 0.0973 e. The van der Waals surface area contributed by atoms with E-state index in [2.05, 4.69) is 20.9 Å². The van der Waals surface area contributed by atoms with Crippen LogP contribution in [-0.2, 0) is 0 Å². The molecule has 0 aliphatic heterocycles. The van der Waals surface area contributed by atoms with Crippen LogP contribution >= 0.6 is 15.9 Å². The molecule has 0 amide bonds. The molecular formula is C11H14BrNO. The summed E-state index contributed by atoms with van der Waals surface area (Å²) >= 11 is 3.40. The molecule has 1 N–H and O–H groups in total. The lowest BCUT2D eigenvalue weighted by molar-refractivity contribution is 0.114. The Bertz CT molecular complexity index is 312. The maximum atomic E-state index is 9.94. The van der Waals surface area contributed by atoms with Crippen LogP contribution in [0.2, 0.25) is 0 Å². The molecule has 2 nitrogen and oxygen atoms in total. The van der Waals surface area contributed by atoms with Crippen LogP contribution in [0.15, 0.2) is 22.8 Å². The van der Waals surface area contributed by atoms with E-state index in [-0.39, 0.29) is 0 Å². The Morgan fingerprint density at radius 3 is 2.93 bits per heavy atom. The minimum Gasteiger partial charge on any atom is -0.387 e. The monoisotopic (exact) mass is 255 g/mol. The number of rotatable bonds is 3. The molecule has 1 aliphatic rings. The SMILES string of the molecule is OC(CC1CCC1)c1ncccc1Br. The summed E-state index contributed by atoms with van der Waals surface area (Å²) in [5.41, 5.74) is 0.777. The van der Waals surface area contributed by atoms with Gasteiger partial charge in [0.1, 0.15) is 0 Å². The van der Waals surface area contributed by atoms with Crippen molar-refractivity contribution in [1.29, 1.82) is 0 Å². The predicted molar refractivity (Wildman–Crippen MR) is 58.9 cm³/mol. The normalized spacial score (nSPS) is 19.0. The molecule has 76 valence electrons. The largest absolute Gasteiger partial charge is 0.387 e. The van der Waals surface area contributed by atoms with Gasteiger partial charge in [-0.1, -0.05) is 19.3 Å². The number of aromatic nitrogens is 1. The molecule has 0 bridgehead atoms. The van der Waals surface area contributed by atoms with Gasteiger partial charge < -0.3 is 5.11 Å². The van der Waals surface area contributed by atoms with E-state index in [0.717, 1.165) is 16.6 Å². The number of halogens is 1. The molecule has 2 rings (SSSR count). The number of aliphatic hydroxyl groups excluding tert-OH is 1. The quantitative estimate of drug-likeness (QED) is 0.901. The summed E-state index contributed by atoms with van der Waals surface area (Å²) < 4.78 is 0.909. The topological polar surface area (TPSA) is 33.1 Å². The zero-order valence-corrected chi connectivity index (χ0v) is 9.57. The molecular weight excluding hydrogens is 242 g/mol. The number of hydrogen-bond acceptors (Lipinski definition) is 2. The Morgan fingerprint density at radius 2 is 2.36 bits per heavy atom. The lowest BCUT2D eigenvalue weighted by atomic mass is 9.81. The van der Waals surface area contributed by atoms with Gasteiger partial charge in [-0.15, -0.1) is 0 Å². The zero-order valence-electron chi connectivity index (χ0n) is 7.99. The molecule has 1 saturated carbocycles. The molecule has 0 spiro atoms. The van der Waals surface area contributed by atoms with Gasteiger partial charge in [-0.05, 0) is 40.4 Å². The fourth-order valence-corrected chi connectivity index (χ4v) is 2.32. The third kappa shape index (κ3) is 2.15. The fourth-order valence-electron chi connectivity index (χ4n) is 1.80. The van der Waals surface area contributed by atoms with Crippen molar-refractivity contribution in [3.63, 3.8) is 0 Å². The maximum absolute atomic E-state index is 9.94. The van der Waals surface area contributed by atoms with E-state index in [1.807, 2.05) is 12.1 Å². The first kappa shape index (κ1) is 10.1. The van der Waals surface area contributed by atoms with Crippen molar-refractivity contribution < 1.29 is 5.11 Å². The first-order valence-corrected chi connectivity index (χ1v) is 5.85. The van der Waals surface area contributed by atoms with Crippen LogP contribution in [0.5, 0.6) is 0 Å². The van der Waals surface area contributed by atoms with Crippen molar-refractivity contribution in [2.75, 3.05) is 0 Å². The van der Waals surface area contributed by atoms with Gasteiger partial charge in [0.05, 0.1) is 11.8 Å². The average molecular weight is 256 g/mol. The molecule has 1 unspecified atom stereocenters. The van der Waals surface area contributed by atoms with E-state index < -0.39 is 6.10 Å². The summed E-state index contributed by atoms with van der Waals surface area (Å²) in [7, 11) is 0. The molecule has 1 atom stereocenters. The van der Waals surface area contributed by atoms with Crippen molar-refractivity contribution in [2.45, 2.75) is 31.8 Å². The second-order valence-corrected chi connectivity index (χ2v) is 4.77. The van der Waals surface area contributed by atoms with Crippen LogP contribution in [0.1, 0.15) is 37.5 Å². The van der Waals surface area contributed by atoms with Crippen LogP contribution in [-0.4, -0.2) is 10.1 Å². The smallest absolute Gasteiger partial charge is 0.0973 e. The second-order valence-electron chi connectivity index (χ2n) is 3.92. The van der Waals surface area contributed by atoms with Gasteiger partial charge in [-0.2, -0.15) is 0 Å². The summed E-state index contributed by atoms with van der Waals surface area (Å²) in [5.74, 6) is 0.707. The zero-order chi connectivity index (χ0) is 9.97. The Kier molecular flexibility index (Phi) is 3.19. The summed E-state index contributed by atoms with van der Waals surface area (Å²) in [6.07, 6.45) is 6.03. The minimum absolute atomic E-state index is 0.407. The number of pyridine rings is 1. The molecule has 1 aliphatic carbocycles. The molecule has 0 radical (unpaired) electrons. The molecule has 0 saturated heterocycles. The van der Waals surface area contributed by atoms with Crippen molar-refractivity contribution in [1.82, 2.24) is 4.98 Å². The number of nitrogens with zero attached hydrogens (tertiary/aromatic N) is 1. The van der Waals surface area contributed by atoms with Gasteiger partial charge in [-0.3, -0.25) is 4.98 Å². The molecule has 3 heteroatoms.